The molecule has 0 bridgehead atoms. The monoisotopic (exact) mass is 540 g/mol. The SMILES string of the molecule is Oc1cc(O)c(Cl)cc1Cl.c1ccc(C2C(c3ccncc3)C(c3ccccc3)C2c2ccncc2)cc1. The molecule has 0 atom stereocenters. The van der Waals surface area contributed by atoms with E-state index in [1.807, 2.05) is 24.8 Å². The van der Waals surface area contributed by atoms with Gasteiger partial charge in [0.05, 0.1) is 10.0 Å². The Morgan fingerprint density at radius 2 is 0.763 bits per heavy atom. The van der Waals surface area contributed by atoms with E-state index in [9.17, 15) is 0 Å². The third kappa shape index (κ3) is 5.38. The van der Waals surface area contributed by atoms with Gasteiger partial charge in [-0.05, 0) is 76.3 Å². The average Bonchev–Trinajstić information content (AvgIpc) is 2.94. The molecule has 2 heterocycles. The summed E-state index contributed by atoms with van der Waals surface area (Å²) in [6.45, 7) is 0. The van der Waals surface area contributed by atoms with Crippen molar-refractivity contribution >= 4 is 23.2 Å². The third-order valence-corrected chi connectivity index (χ3v) is 7.72. The van der Waals surface area contributed by atoms with E-state index in [-0.39, 0.29) is 21.5 Å². The molecular weight excluding hydrogens is 515 g/mol. The molecule has 6 heteroatoms. The summed E-state index contributed by atoms with van der Waals surface area (Å²) < 4.78 is 0. The summed E-state index contributed by atoms with van der Waals surface area (Å²) in [5.41, 5.74) is 5.53. The number of aromatic nitrogens is 2. The third-order valence-electron chi connectivity index (χ3n) is 7.11. The first-order chi connectivity index (χ1) is 18.5. The van der Waals surface area contributed by atoms with E-state index in [0.717, 1.165) is 6.07 Å². The summed E-state index contributed by atoms with van der Waals surface area (Å²) >= 11 is 10.9. The number of phenols is 2. The van der Waals surface area contributed by atoms with Crippen LogP contribution in [0.3, 0.4) is 0 Å². The lowest BCUT2D eigenvalue weighted by Crippen LogP contribution is -2.40. The van der Waals surface area contributed by atoms with Gasteiger partial charge in [0, 0.05) is 30.9 Å². The molecule has 38 heavy (non-hydrogen) atoms. The van der Waals surface area contributed by atoms with E-state index in [2.05, 4.69) is 94.9 Å². The fraction of sp³-hybridized carbons (Fsp3) is 0.125. The Labute approximate surface area is 232 Å². The minimum atomic E-state index is -0.177. The Hall–Kier alpha value is -3.86. The molecule has 6 rings (SSSR count). The van der Waals surface area contributed by atoms with E-state index < -0.39 is 0 Å². The normalized spacial score (nSPS) is 20.1. The molecule has 2 aromatic heterocycles. The van der Waals surface area contributed by atoms with Gasteiger partial charge in [-0.25, -0.2) is 0 Å². The average molecular weight is 541 g/mol. The summed E-state index contributed by atoms with van der Waals surface area (Å²) in [5, 5.41) is 18.0. The second-order valence-corrected chi connectivity index (χ2v) is 10.1. The largest absolute Gasteiger partial charge is 0.506 e. The van der Waals surface area contributed by atoms with Gasteiger partial charge in [0.2, 0.25) is 0 Å². The van der Waals surface area contributed by atoms with Crippen molar-refractivity contribution in [1.82, 2.24) is 9.97 Å². The lowest BCUT2D eigenvalue weighted by molar-refractivity contribution is 0.228. The molecule has 2 N–H and O–H groups in total. The molecule has 4 nitrogen and oxygen atoms in total. The van der Waals surface area contributed by atoms with E-state index in [1.165, 1.54) is 28.3 Å². The van der Waals surface area contributed by atoms with Gasteiger partial charge in [0.1, 0.15) is 11.5 Å². The smallest absolute Gasteiger partial charge is 0.137 e. The van der Waals surface area contributed by atoms with Crippen molar-refractivity contribution in [2.24, 2.45) is 0 Å². The van der Waals surface area contributed by atoms with Crippen LogP contribution in [0.2, 0.25) is 10.0 Å². The Morgan fingerprint density at radius 1 is 0.447 bits per heavy atom. The number of hydrogen-bond donors (Lipinski definition) is 2. The Balaban J connectivity index is 0.000000249. The summed E-state index contributed by atoms with van der Waals surface area (Å²) in [7, 11) is 0. The van der Waals surface area contributed by atoms with Gasteiger partial charge in [0.15, 0.2) is 0 Å². The van der Waals surface area contributed by atoms with Crippen molar-refractivity contribution < 1.29 is 10.2 Å². The molecule has 5 aromatic rings. The molecule has 0 unspecified atom stereocenters. The van der Waals surface area contributed by atoms with Gasteiger partial charge >= 0.3 is 0 Å². The molecule has 0 aliphatic heterocycles. The topological polar surface area (TPSA) is 66.2 Å². The van der Waals surface area contributed by atoms with Gasteiger partial charge in [-0.1, -0.05) is 83.9 Å². The fourth-order valence-electron chi connectivity index (χ4n) is 5.46. The maximum Gasteiger partial charge on any atom is 0.137 e. The number of aromatic hydroxyl groups is 2. The Bertz CT molecular complexity index is 1240. The van der Waals surface area contributed by atoms with Crippen LogP contribution in [0.4, 0.5) is 0 Å². The highest BCUT2D eigenvalue weighted by atomic mass is 35.5. The first-order valence-corrected chi connectivity index (χ1v) is 13.1. The zero-order valence-corrected chi connectivity index (χ0v) is 21.9. The predicted molar refractivity (Wildman–Crippen MR) is 152 cm³/mol. The second-order valence-electron chi connectivity index (χ2n) is 9.24. The number of phenolic OH excluding ortho intramolecular Hbond substituents is 2. The van der Waals surface area contributed by atoms with Crippen LogP contribution >= 0.6 is 23.2 Å². The van der Waals surface area contributed by atoms with E-state index in [1.54, 1.807) is 0 Å². The molecule has 0 radical (unpaired) electrons. The maximum atomic E-state index is 8.87. The Morgan fingerprint density at radius 3 is 1.08 bits per heavy atom. The molecule has 0 amide bonds. The van der Waals surface area contributed by atoms with Crippen LogP contribution in [-0.4, -0.2) is 20.2 Å². The minimum Gasteiger partial charge on any atom is -0.506 e. The molecular formula is C32H26Cl2N2O2. The van der Waals surface area contributed by atoms with Crippen molar-refractivity contribution in [3.63, 3.8) is 0 Å². The minimum absolute atomic E-state index is 0.128. The van der Waals surface area contributed by atoms with Crippen molar-refractivity contribution in [2.75, 3.05) is 0 Å². The number of nitrogens with zero attached hydrogens (tertiary/aromatic N) is 2. The Kier molecular flexibility index (Phi) is 7.92. The van der Waals surface area contributed by atoms with Crippen LogP contribution in [0.15, 0.2) is 122 Å². The highest BCUT2D eigenvalue weighted by Crippen LogP contribution is 2.66. The quantitative estimate of drug-likeness (QED) is 0.240. The van der Waals surface area contributed by atoms with Crippen LogP contribution in [0, 0.1) is 0 Å². The lowest BCUT2D eigenvalue weighted by atomic mass is 9.49. The molecule has 0 saturated heterocycles. The molecule has 1 saturated carbocycles. The first-order valence-electron chi connectivity index (χ1n) is 12.3. The van der Waals surface area contributed by atoms with Crippen molar-refractivity contribution in [3.05, 3.63) is 154 Å². The van der Waals surface area contributed by atoms with E-state index in [0.29, 0.717) is 23.7 Å². The summed E-state index contributed by atoms with van der Waals surface area (Å²) in [6, 6.07) is 33.0. The highest BCUT2D eigenvalue weighted by Gasteiger charge is 2.52. The van der Waals surface area contributed by atoms with Crippen LogP contribution in [0.5, 0.6) is 11.5 Å². The summed E-state index contributed by atoms with van der Waals surface area (Å²) in [5.74, 6) is 1.34. The van der Waals surface area contributed by atoms with Gasteiger partial charge in [-0.3, -0.25) is 9.97 Å². The van der Waals surface area contributed by atoms with Crippen LogP contribution in [0.1, 0.15) is 45.9 Å². The second kappa shape index (κ2) is 11.7. The predicted octanol–water partition coefficient (Wildman–Crippen LogP) is 8.33. The molecule has 0 spiro atoms. The van der Waals surface area contributed by atoms with Gasteiger partial charge in [0.25, 0.3) is 0 Å². The summed E-state index contributed by atoms with van der Waals surface area (Å²) in [6.07, 6.45) is 7.66. The van der Waals surface area contributed by atoms with Crippen LogP contribution in [0.25, 0.3) is 0 Å². The maximum absolute atomic E-state index is 8.87. The fourth-order valence-corrected chi connectivity index (χ4v) is 5.84. The standard InChI is InChI=1S/C26H22N2.C6H4Cl2O2/c1-3-7-19(8-4-1)23-25(21-11-15-27-16-12-21)24(20-9-5-2-6-10-20)26(23)22-13-17-28-18-14-22;7-3-1-4(8)6(10)2-5(3)9/h1-18,23-26H;1-2,9-10H. The van der Waals surface area contributed by atoms with Gasteiger partial charge in [-0.2, -0.15) is 0 Å². The zero-order valence-electron chi connectivity index (χ0n) is 20.4. The van der Waals surface area contributed by atoms with Crippen molar-refractivity contribution in [1.29, 1.82) is 0 Å². The van der Waals surface area contributed by atoms with Crippen LogP contribution < -0.4 is 0 Å². The summed E-state index contributed by atoms with van der Waals surface area (Å²) in [4.78, 5) is 8.50. The molecule has 1 aliphatic rings. The van der Waals surface area contributed by atoms with Gasteiger partial charge < -0.3 is 10.2 Å². The number of halogens is 2. The van der Waals surface area contributed by atoms with Crippen LogP contribution in [-0.2, 0) is 0 Å². The zero-order chi connectivity index (χ0) is 26.5. The number of hydrogen-bond acceptors (Lipinski definition) is 4. The van der Waals surface area contributed by atoms with Crippen molar-refractivity contribution in [2.45, 2.75) is 23.7 Å². The van der Waals surface area contributed by atoms with E-state index in [4.69, 9.17) is 33.4 Å². The number of pyridine rings is 2. The first kappa shape index (κ1) is 25.8. The highest BCUT2D eigenvalue weighted by molar-refractivity contribution is 6.36. The molecule has 190 valence electrons. The van der Waals surface area contributed by atoms with E-state index >= 15 is 0 Å². The van der Waals surface area contributed by atoms with Gasteiger partial charge in [-0.15, -0.1) is 0 Å². The number of benzene rings is 3. The van der Waals surface area contributed by atoms with Crippen molar-refractivity contribution in [3.8, 4) is 11.5 Å². The molecule has 1 fully saturated rings. The molecule has 1 aliphatic carbocycles. The number of rotatable bonds is 4. The molecule has 3 aromatic carbocycles. The lowest BCUT2D eigenvalue weighted by Gasteiger charge is -2.53.